The molecule has 1 rings (SSSR count). The Morgan fingerprint density at radius 3 is 2.79 bits per heavy atom. The van der Waals surface area contributed by atoms with Gasteiger partial charge in [0.05, 0.1) is 12.6 Å². The summed E-state index contributed by atoms with van der Waals surface area (Å²) >= 11 is 1.55. The van der Waals surface area contributed by atoms with E-state index in [1.807, 2.05) is 30.3 Å². The molecule has 0 bridgehead atoms. The molecule has 0 saturated carbocycles. The van der Waals surface area contributed by atoms with Crippen LogP contribution in [0.2, 0.25) is 0 Å². The summed E-state index contributed by atoms with van der Waals surface area (Å²) in [6, 6.07) is 9.79. The van der Waals surface area contributed by atoms with Crippen molar-refractivity contribution in [2.45, 2.75) is 11.0 Å². The molecule has 0 radical (unpaired) electrons. The number of hydrogen-bond acceptors (Lipinski definition) is 3. The van der Waals surface area contributed by atoms with Gasteiger partial charge in [0.15, 0.2) is 0 Å². The van der Waals surface area contributed by atoms with Gasteiger partial charge in [-0.2, -0.15) is 0 Å². The molecule has 1 aromatic carbocycles. The third-order valence-electron chi connectivity index (χ3n) is 1.54. The van der Waals surface area contributed by atoms with Crippen LogP contribution in [0.15, 0.2) is 40.3 Å². The number of azide groups is 1. The molecular weight excluding hydrogens is 198 g/mol. The van der Waals surface area contributed by atoms with Crippen molar-refractivity contribution in [3.63, 3.8) is 0 Å². The Bertz CT molecular complexity index is 311. The van der Waals surface area contributed by atoms with Gasteiger partial charge in [0.1, 0.15) is 0 Å². The van der Waals surface area contributed by atoms with Gasteiger partial charge in [-0.3, -0.25) is 0 Å². The molecule has 4 nitrogen and oxygen atoms in total. The molecule has 5 heteroatoms. The Hall–Kier alpha value is -1.16. The number of aliphatic hydroxyl groups excluding tert-OH is 1. The average Bonchev–Trinajstić information content (AvgIpc) is 2.25. The van der Waals surface area contributed by atoms with Gasteiger partial charge in [-0.1, -0.05) is 23.3 Å². The smallest absolute Gasteiger partial charge is 0.0690 e. The standard InChI is InChI=1S/C9H11N3OS/c10-12-11-6-8(13)7-14-9-4-2-1-3-5-9/h1-5,8,13H,6-7H2. The van der Waals surface area contributed by atoms with E-state index in [1.165, 1.54) is 0 Å². The van der Waals surface area contributed by atoms with Crippen LogP contribution in [0, 0.1) is 0 Å². The zero-order valence-electron chi connectivity index (χ0n) is 7.58. The molecule has 74 valence electrons. The van der Waals surface area contributed by atoms with Crippen LogP contribution in [0.25, 0.3) is 10.4 Å². The minimum Gasteiger partial charge on any atom is -0.392 e. The number of aliphatic hydroxyl groups is 1. The molecule has 0 aromatic heterocycles. The first-order valence-electron chi connectivity index (χ1n) is 4.19. The van der Waals surface area contributed by atoms with Crippen molar-refractivity contribution >= 4 is 11.8 Å². The van der Waals surface area contributed by atoms with Crippen LogP contribution in [0.1, 0.15) is 0 Å². The maximum Gasteiger partial charge on any atom is 0.0690 e. The maximum absolute atomic E-state index is 9.36. The lowest BCUT2D eigenvalue weighted by Crippen LogP contribution is -2.13. The lowest BCUT2D eigenvalue weighted by molar-refractivity contribution is 0.208. The van der Waals surface area contributed by atoms with Crippen molar-refractivity contribution in [3.8, 4) is 0 Å². The van der Waals surface area contributed by atoms with E-state index >= 15 is 0 Å². The molecule has 0 saturated heterocycles. The van der Waals surface area contributed by atoms with Crippen molar-refractivity contribution in [1.29, 1.82) is 0 Å². The average molecular weight is 209 g/mol. The fourth-order valence-corrected chi connectivity index (χ4v) is 1.73. The third kappa shape index (κ3) is 4.18. The van der Waals surface area contributed by atoms with E-state index in [4.69, 9.17) is 5.53 Å². The minimum absolute atomic E-state index is 0.135. The first-order valence-corrected chi connectivity index (χ1v) is 5.18. The summed E-state index contributed by atoms with van der Waals surface area (Å²) in [6.07, 6.45) is -0.573. The molecule has 0 aliphatic carbocycles. The second-order valence-electron chi connectivity index (χ2n) is 2.69. The van der Waals surface area contributed by atoms with Crippen LogP contribution in [0.3, 0.4) is 0 Å². The van der Waals surface area contributed by atoms with Crippen molar-refractivity contribution in [3.05, 3.63) is 40.8 Å². The predicted octanol–water partition coefficient (Wildman–Crippen LogP) is 2.45. The van der Waals surface area contributed by atoms with Gasteiger partial charge in [0, 0.05) is 15.6 Å². The highest BCUT2D eigenvalue weighted by Gasteiger charge is 2.02. The van der Waals surface area contributed by atoms with Gasteiger partial charge < -0.3 is 5.11 Å². The highest BCUT2D eigenvalue weighted by Crippen LogP contribution is 2.17. The molecule has 14 heavy (non-hydrogen) atoms. The van der Waals surface area contributed by atoms with Gasteiger partial charge in [-0.15, -0.1) is 11.8 Å². The first kappa shape index (κ1) is 10.9. The van der Waals surface area contributed by atoms with E-state index in [-0.39, 0.29) is 6.54 Å². The Balaban J connectivity index is 2.30. The predicted molar refractivity (Wildman–Crippen MR) is 57.2 cm³/mol. The summed E-state index contributed by atoms with van der Waals surface area (Å²) < 4.78 is 0. The fraction of sp³-hybridized carbons (Fsp3) is 0.333. The minimum atomic E-state index is -0.573. The molecule has 1 N–H and O–H groups in total. The van der Waals surface area contributed by atoms with Crippen LogP contribution in [0.4, 0.5) is 0 Å². The lowest BCUT2D eigenvalue weighted by Gasteiger charge is -2.05. The number of rotatable bonds is 5. The SMILES string of the molecule is [N-]=[N+]=NCC(O)CSc1ccccc1. The van der Waals surface area contributed by atoms with E-state index in [2.05, 4.69) is 10.0 Å². The van der Waals surface area contributed by atoms with Crippen LogP contribution in [0.5, 0.6) is 0 Å². The zero-order valence-corrected chi connectivity index (χ0v) is 8.39. The Morgan fingerprint density at radius 1 is 1.43 bits per heavy atom. The Morgan fingerprint density at radius 2 is 2.14 bits per heavy atom. The van der Waals surface area contributed by atoms with Gasteiger partial charge in [0.2, 0.25) is 0 Å². The van der Waals surface area contributed by atoms with E-state index < -0.39 is 6.10 Å². The van der Waals surface area contributed by atoms with Gasteiger partial charge in [-0.25, -0.2) is 0 Å². The number of nitrogens with zero attached hydrogens (tertiary/aromatic N) is 3. The van der Waals surface area contributed by atoms with Gasteiger partial charge in [-0.05, 0) is 17.7 Å². The van der Waals surface area contributed by atoms with Crippen molar-refractivity contribution in [2.75, 3.05) is 12.3 Å². The Labute approximate surface area is 86.6 Å². The topological polar surface area (TPSA) is 69.0 Å². The van der Waals surface area contributed by atoms with Crippen LogP contribution < -0.4 is 0 Å². The maximum atomic E-state index is 9.36. The quantitative estimate of drug-likeness (QED) is 0.350. The van der Waals surface area contributed by atoms with Crippen molar-refractivity contribution < 1.29 is 5.11 Å². The second-order valence-corrected chi connectivity index (χ2v) is 3.78. The molecule has 1 unspecified atom stereocenters. The normalized spacial score (nSPS) is 11.8. The summed E-state index contributed by atoms with van der Waals surface area (Å²) in [6.45, 7) is 0.135. The molecule has 0 aliphatic heterocycles. The van der Waals surface area contributed by atoms with E-state index in [9.17, 15) is 5.11 Å². The summed E-state index contributed by atoms with van der Waals surface area (Å²) in [5.41, 5.74) is 8.04. The molecular formula is C9H11N3OS. The van der Waals surface area contributed by atoms with Gasteiger partial charge >= 0.3 is 0 Å². The largest absolute Gasteiger partial charge is 0.392 e. The molecule has 0 spiro atoms. The second kappa shape index (κ2) is 6.32. The number of thioether (sulfide) groups is 1. The number of hydrogen-bond donors (Lipinski definition) is 1. The van der Waals surface area contributed by atoms with Crippen molar-refractivity contribution in [2.24, 2.45) is 5.11 Å². The fourth-order valence-electron chi connectivity index (χ4n) is 0.893. The first-order chi connectivity index (χ1) is 6.83. The third-order valence-corrected chi connectivity index (χ3v) is 2.70. The van der Waals surface area contributed by atoms with Crippen LogP contribution >= 0.6 is 11.8 Å². The molecule has 0 heterocycles. The molecule has 0 fully saturated rings. The summed E-state index contributed by atoms with van der Waals surface area (Å²) in [5, 5.41) is 12.7. The van der Waals surface area contributed by atoms with Crippen molar-refractivity contribution in [1.82, 2.24) is 0 Å². The molecule has 0 amide bonds. The summed E-state index contributed by atoms with van der Waals surface area (Å²) in [7, 11) is 0. The Kier molecular flexibility index (Phi) is 4.93. The van der Waals surface area contributed by atoms with E-state index in [0.29, 0.717) is 5.75 Å². The highest BCUT2D eigenvalue weighted by molar-refractivity contribution is 7.99. The lowest BCUT2D eigenvalue weighted by atomic mass is 10.4. The van der Waals surface area contributed by atoms with E-state index in [1.54, 1.807) is 11.8 Å². The number of benzene rings is 1. The highest BCUT2D eigenvalue weighted by atomic mass is 32.2. The zero-order chi connectivity index (χ0) is 10.2. The van der Waals surface area contributed by atoms with E-state index in [0.717, 1.165) is 4.90 Å². The molecule has 1 atom stereocenters. The molecule has 0 aliphatic rings. The van der Waals surface area contributed by atoms with Crippen LogP contribution in [-0.4, -0.2) is 23.5 Å². The van der Waals surface area contributed by atoms with Gasteiger partial charge in [0.25, 0.3) is 0 Å². The van der Waals surface area contributed by atoms with Crippen LogP contribution in [-0.2, 0) is 0 Å². The summed E-state index contributed by atoms with van der Waals surface area (Å²) in [5.74, 6) is 0.545. The molecule has 1 aromatic rings. The monoisotopic (exact) mass is 209 g/mol. The summed E-state index contributed by atoms with van der Waals surface area (Å²) in [4.78, 5) is 3.69.